The topological polar surface area (TPSA) is 32.3 Å². The van der Waals surface area contributed by atoms with Gasteiger partial charge in [0.1, 0.15) is 0 Å². The van der Waals surface area contributed by atoms with Crippen LogP contribution < -0.4 is 5.32 Å². The van der Waals surface area contributed by atoms with E-state index in [0.717, 1.165) is 45.3 Å². The van der Waals surface area contributed by atoms with Crippen LogP contribution in [-0.2, 0) is 16.9 Å². The summed E-state index contributed by atoms with van der Waals surface area (Å²) in [7, 11) is 0. The van der Waals surface area contributed by atoms with E-state index in [9.17, 15) is 4.79 Å². The summed E-state index contributed by atoms with van der Waals surface area (Å²) >= 11 is 0. The highest BCUT2D eigenvalue weighted by Crippen LogP contribution is 2.35. The van der Waals surface area contributed by atoms with Crippen molar-refractivity contribution in [3.8, 4) is 0 Å². The molecule has 1 saturated heterocycles. The van der Waals surface area contributed by atoms with Crippen LogP contribution >= 0.6 is 0 Å². The fraction of sp³-hybridized carbons (Fsp3) is 0.435. The number of nitrogens with one attached hydrogen (secondary N) is 1. The Labute approximate surface area is 156 Å². The maximum Gasteiger partial charge on any atom is 0.223 e. The van der Waals surface area contributed by atoms with Gasteiger partial charge >= 0.3 is 0 Å². The summed E-state index contributed by atoms with van der Waals surface area (Å²) in [5, 5.41) is 3.47. The monoisotopic (exact) mass is 348 g/mol. The second kappa shape index (κ2) is 7.63. The Morgan fingerprint density at radius 3 is 2.15 bits per heavy atom. The molecular formula is C23H28N2O. The lowest BCUT2D eigenvalue weighted by atomic mass is 9.78. The molecule has 136 valence electrons. The molecule has 0 unspecified atom stereocenters. The number of amides is 1. The van der Waals surface area contributed by atoms with Crippen molar-refractivity contribution in [2.75, 3.05) is 13.1 Å². The minimum absolute atomic E-state index is 0.207. The molecular weight excluding hydrogens is 320 g/mol. The zero-order chi connectivity index (χ0) is 17.8. The van der Waals surface area contributed by atoms with Gasteiger partial charge in [-0.05, 0) is 36.8 Å². The number of piperidine rings is 1. The van der Waals surface area contributed by atoms with E-state index in [4.69, 9.17) is 0 Å². The highest BCUT2D eigenvalue weighted by Gasteiger charge is 2.39. The van der Waals surface area contributed by atoms with Crippen molar-refractivity contribution in [3.05, 3.63) is 71.8 Å². The summed E-state index contributed by atoms with van der Waals surface area (Å²) < 4.78 is 0. The second-order valence-corrected chi connectivity index (χ2v) is 7.83. The van der Waals surface area contributed by atoms with Gasteiger partial charge in [0.05, 0.1) is 5.54 Å². The Morgan fingerprint density at radius 2 is 1.58 bits per heavy atom. The number of carbonyl (C=O) groups excluding carboxylic acids is 1. The summed E-state index contributed by atoms with van der Waals surface area (Å²) in [5.74, 6) is 0.495. The van der Waals surface area contributed by atoms with E-state index in [0.29, 0.717) is 0 Å². The molecule has 2 aromatic carbocycles. The maximum atomic E-state index is 12.7. The Balaban J connectivity index is 1.47. The van der Waals surface area contributed by atoms with Gasteiger partial charge in [-0.25, -0.2) is 0 Å². The highest BCUT2D eigenvalue weighted by molar-refractivity contribution is 5.80. The minimum atomic E-state index is -0.207. The number of likely N-dealkylation sites (tertiary alicyclic amines) is 1. The first-order valence-corrected chi connectivity index (χ1v) is 9.89. The van der Waals surface area contributed by atoms with Gasteiger partial charge in [0.2, 0.25) is 5.91 Å². The summed E-state index contributed by atoms with van der Waals surface area (Å²) in [4.78, 5) is 15.2. The third-order valence-electron chi connectivity index (χ3n) is 6.12. The van der Waals surface area contributed by atoms with Gasteiger partial charge in [-0.3, -0.25) is 9.69 Å². The fourth-order valence-corrected chi connectivity index (χ4v) is 4.19. The molecule has 1 amide bonds. The van der Waals surface area contributed by atoms with Crippen molar-refractivity contribution in [2.45, 2.75) is 44.2 Å². The lowest BCUT2D eigenvalue weighted by Gasteiger charge is -2.44. The number of hydrogen-bond donors (Lipinski definition) is 1. The predicted molar refractivity (Wildman–Crippen MR) is 105 cm³/mol. The predicted octanol–water partition coefficient (Wildman–Crippen LogP) is 4.09. The largest absolute Gasteiger partial charge is 0.346 e. The van der Waals surface area contributed by atoms with Gasteiger partial charge in [0, 0.05) is 25.6 Å². The quantitative estimate of drug-likeness (QED) is 0.882. The van der Waals surface area contributed by atoms with E-state index in [1.54, 1.807) is 0 Å². The molecule has 0 aromatic heterocycles. The molecule has 0 atom stereocenters. The normalized spacial score (nSPS) is 20.3. The molecule has 2 fully saturated rings. The van der Waals surface area contributed by atoms with Crippen LogP contribution in [0.4, 0.5) is 0 Å². The summed E-state index contributed by atoms with van der Waals surface area (Å²) in [6.45, 7) is 3.01. The van der Waals surface area contributed by atoms with Gasteiger partial charge in [-0.2, -0.15) is 0 Å². The van der Waals surface area contributed by atoms with Crippen LogP contribution in [0.25, 0.3) is 0 Å². The number of hydrogen-bond acceptors (Lipinski definition) is 2. The van der Waals surface area contributed by atoms with Crippen LogP contribution in [0.5, 0.6) is 0 Å². The summed E-state index contributed by atoms with van der Waals surface area (Å²) in [6.07, 6.45) is 5.25. The van der Waals surface area contributed by atoms with Crippen molar-refractivity contribution in [1.29, 1.82) is 0 Å². The fourth-order valence-electron chi connectivity index (χ4n) is 4.19. The molecule has 0 radical (unpaired) electrons. The van der Waals surface area contributed by atoms with Crippen LogP contribution in [-0.4, -0.2) is 23.9 Å². The van der Waals surface area contributed by atoms with E-state index >= 15 is 0 Å². The third-order valence-corrected chi connectivity index (χ3v) is 6.12. The molecule has 1 aliphatic heterocycles. The van der Waals surface area contributed by atoms with E-state index in [-0.39, 0.29) is 17.4 Å². The van der Waals surface area contributed by atoms with Crippen LogP contribution in [0.3, 0.4) is 0 Å². The van der Waals surface area contributed by atoms with Gasteiger partial charge in [-0.1, -0.05) is 67.1 Å². The molecule has 2 aromatic rings. The first-order valence-electron chi connectivity index (χ1n) is 9.89. The second-order valence-electron chi connectivity index (χ2n) is 7.83. The minimum Gasteiger partial charge on any atom is -0.346 e. The highest BCUT2D eigenvalue weighted by atomic mass is 16.2. The Morgan fingerprint density at radius 1 is 0.962 bits per heavy atom. The van der Waals surface area contributed by atoms with Gasteiger partial charge in [-0.15, -0.1) is 0 Å². The van der Waals surface area contributed by atoms with Crippen LogP contribution in [0, 0.1) is 5.92 Å². The molecule has 1 N–H and O–H groups in total. The molecule has 3 nitrogen and oxygen atoms in total. The molecule has 0 spiro atoms. The molecule has 3 heteroatoms. The zero-order valence-electron chi connectivity index (χ0n) is 15.4. The van der Waals surface area contributed by atoms with E-state index in [1.807, 2.05) is 0 Å². The average molecular weight is 348 g/mol. The van der Waals surface area contributed by atoms with Crippen LogP contribution in [0.15, 0.2) is 60.7 Å². The SMILES string of the molecule is O=C(NC1(c2ccccc2)CCN(Cc2ccccc2)CC1)C1CCC1. The molecule has 1 aliphatic carbocycles. The van der Waals surface area contributed by atoms with Gasteiger partial charge in [0.15, 0.2) is 0 Å². The lowest BCUT2D eigenvalue weighted by molar-refractivity contribution is -0.130. The molecule has 1 saturated carbocycles. The molecule has 4 rings (SSSR count). The Bertz CT molecular complexity index is 716. The standard InChI is InChI=1S/C23H28N2O/c26-22(20-10-7-11-20)24-23(21-12-5-2-6-13-21)14-16-25(17-15-23)18-19-8-3-1-4-9-19/h1-6,8-9,12-13,20H,7,10-11,14-18H2,(H,24,26). The molecule has 0 bridgehead atoms. The van der Waals surface area contributed by atoms with Crippen molar-refractivity contribution < 1.29 is 4.79 Å². The van der Waals surface area contributed by atoms with Crippen molar-refractivity contribution in [1.82, 2.24) is 10.2 Å². The molecule has 26 heavy (non-hydrogen) atoms. The van der Waals surface area contributed by atoms with E-state index in [1.165, 1.54) is 17.5 Å². The van der Waals surface area contributed by atoms with Crippen molar-refractivity contribution in [2.24, 2.45) is 5.92 Å². The Kier molecular flexibility index (Phi) is 5.07. The Hall–Kier alpha value is -2.13. The summed E-state index contributed by atoms with van der Waals surface area (Å²) in [6, 6.07) is 21.2. The smallest absolute Gasteiger partial charge is 0.223 e. The third kappa shape index (κ3) is 3.68. The molecule has 1 heterocycles. The number of nitrogens with zero attached hydrogens (tertiary/aromatic N) is 1. The number of carbonyl (C=O) groups is 1. The summed E-state index contributed by atoms with van der Waals surface area (Å²) in [5.41, 5.74) is 2.41. The zero-order valence-corrected chi connectivity index (χ0v) is 15.4. The maximum absolute atomic E-state index is 12.7. The lowest BCUT2D eigenvalue weighted by Crippen LogP contribution is -2.54. The average Bonchev–Trinajstić information content (AvgIpc) is 2.64. The van der Waals surface area contributed by atoms with Crippen molar-refractivity contribution >= 4 is 5.91 Å². The first-order chi connectivity index (χ1) is 12.8. The number of rotatable bonds is 5. The van der Waals surface area contributed by atoms with Crippen LogP contribution in [0.1, 0.15) is 43.2 Å². The van der Waals surface area contributed by atoms with Gasteiger partial charge < -0.3 is 5.32 Å². The van der Waals surface area contributed by atoms with E-state index < -0.39 is 0 Å². The van der Waals surface area contributed by atoms with Crippen LogP contribution in [0.2, 0.25) is 0 Å². The first kappa shape index (κ1) is 17.3. The van der Waals surface area contributed by atoms with Gasteiger partial charge in [0.25, 0.3) is 0 Å². The van der Waals surface area contributed by atoms with Crippen molar-refractivity contribution in [3.63, 3.8) is 0 Å². The van der Waals surface area contributed by atoms with E-state index in [2.05, 4.69) is 70.9 Å². The number of benzene rings is 2. The molecule has 2 aliphatic rings.